The van der Waals surface area contributed by atoms with Gasteiger partial charge in [-0.15, -0.1) is 0 Å². The minimum absolute atomic E-state index is 0.204. The van der Waals surface area contributed by atoms with Crippen LogP contribution in [-0.2, 0) is 14.3 Å². The lowest BCUT2D eigenvalue weighted by atomic mass is 10.1. The fourth-order valence-electron chi connectivity index (χ4n) is 2.48. The number of benzene rings is 1. The Morgan fingerprint density at radius 3 is 2.83 bits per heavy atom. The van der Waals surface area contributed by atoms with E-state index in [1.54, 1.807) is 24.3 Å². The summed E-state index contributed by atoms with van der Waals surface area (Å²) in [6, 6.07) is 6.59. The predicted molar refractivity (Wildman–Crippen MR) is 90.5 cm³/mol. The molecule has 0 unspecified atom stereocenters. The second-order valence-electron chi connectivity index (χ2n) is 5.62. The molecule has 24 heavy (non-hydrogen) atoms. The van der Waals surface area contributed by atoms with Crippen LogP contribution >= 0.6 is 0 Å². The molecule has 0 radical (unpaired) electrons. The smallest absolute Gasteiger partial charge is 0.306 e. The normalized spacial score (nSPS) is 15.8. The molecule has 1 atom stereocenters. The van der Waals surface area contributed by atoms with Gasteiger partial charge in [-0.05, 0) is 43.9 Å². The van der Waals surface area contributed by atoms with Crippen molar-refractivity contribution in [1.82, 2.24) is 5.32 Å². The third-order valence-electron chi connectivity index (χ3n) is 3.65. The molecule has 1 aromatic rings. The summed E-state index contributed by atoms with van der Waals surface area (Å²) in [4.78, 5) is 35.3. The number of carbonyl (C=O) groups excluding carboxylic acids is 3. The van der Waals surface area contributed by atoms with Gasteiger partial charge >= 0.3 is 5.97 Å². The molecule has 0 fully saturated rings. The first-order valence-electron chi connectivity index (χ1n) is 8.09. The van der Waals surface area contributed by atoms with Crippen LogP contribution in [0.3, 0.4) is 0 Å². The lowest BCUT2D eigenvalue weighted by molar-refractivity contribution is -0.147. The average molecular weight is 330 g/mol. The Kier molecular flexibility index (Phi) is 6.54. The van der Waals surface area contributed by atoms with Gasteiger partial charge in [-0.25, -0.2) is 0 Å². The molecule has 1 aliphatic carbocycles. The van der Waals surface area contributed by atoms with Crippen LogP contribution in [0.1, 0.15) is 36.5 Å². The van der Waals surface area contributed by atoms with E-state index in [0.29, 0.717) is 24.2 Å². The SMILES string of the molecule is CCNC(=O)c1cccc(NC(=O)COC(=O)C[C@@H]2C=CCC2)c1. The van der Waals surface area contributed by atoms with Crippen molar-refractivity contribution in [3.05, 3.63) is 42.0 Å². The van der Waals surface area contributed by atoms with Gasteiger partial charge < -0.3 is 15.4 Å². The number of ether oxygens (including phenoxy) is 1. The van der Waals surface area contributed by atoms with Crippen molar-refractivity contribution in [2.45, 2.75) is 26.2 Å². The van der Waals surface area contributed by atoms with E-state index in [1.807, 2.05) is 19.1 Å². The molecule has 1 aromatic carbocycles. The summed E-state index contributed by atoms with van der Waals surface area (Å²) in [7, 11) is 0. The zero-order valence-electron chi connectivity index (χ0n) is 13.7. The highest BCUT2D eigenvalue weighted by Gasteiger charge is 2.16. The van der Waals surface area contributed by atoms with Gasteiger partial charge in [0.2, 0.25) is 0 Å². The number of amides is 2. The van der Waals surface area contributed by atoms with Gasteiger partial charge in [0, 0.05) is 17.8 Å². The molecule has 1 aliphatic rings. The Balaban J connectivity index is 1.79. The number of allylic oxidation sites excluding steroid dienone is 2. The van der Waals surface area contributed by atoms with Crippen LogP contribution in [0, 0.1) is 5.92 Å². The maximum absolute atomic E-state index is 11.9. The molecule has 0 spiro atoms. The average Bonchev–Trinajstić information content (AvgIpc) is 3.06. The van der Waals surface area contributed by atoms with E-state index in [9.17, 15) is 14.4 Å². The molecule has 2 rings (SSSR count). The monoisotopic (exact) mass is 330 g/mol. The Morgan fingerprint density at radius 2 is 2.12 bits per heavy atom. The van der Waals surface area contributed by atoms with Crippen molar-refractivity contribution in [3.63, 3.8) is 0 Å². The highest BCUT2D eigenvalue weighted by Crippen LogP contribution is 2.20. The van der Waals surface area contributed by atoms with Crippen molar-refractivity contribution >= 4 is 23.5 Å². The molecule has 0 bridgehead atoms. The fourth-order valence-corrected chi connectivity index (χ4v) is 2.48. The molecular formula is C18H22N2O4. The number of esters is 1. The molecule has 6 heteroatoms. The molecular weight excluding hydrogens is 308 g/mol. The minimum Gasteiger partial charge on any atom is -0.456 e. The Hall–Kier alpha value is -2.63. The quantitative estimate of drug-likeness (QED) is 0.593. The van der Waals surface area contributed by atoms with Crippen LogP contribution in [0.15, 0.2) is 36.4 Å². The van der Waals surface area contributed by atoms with Gasteiger partial charge in [0.1, 0.15) is 0 Å². The molecule has 6 nitrogen and oxygen atoms in total. The zero-order valence-corrected chi connectivity index (χ0v) is 13.7. The largest absolute Gasteiger partial charge is 0.456 e. The van der Waals surface area contributed by atoms with Crippen molar-refractivity contribution in [2.24, 2.45) is 5.92 Å². The second-order valence-corrected chi connectivity index (χ2v) is 5.62. The lowest BCUT2D eigenvalue weighted by Crippen LogP contribution is -2.24. The highest BCUT2D eigenvalue weighted by atomic mass is 16.5. The van der Waals surface area contributed by atoms with Crippen LogP contribution in [-0.4, -0.2) is 30.9 Å². The fraction of sp³-hybridized carbons (Fsp3) is 0.389. The summed E-state index contributed by atoms with van der Waals surface area (Å²) in [6.45, 7) is 2.03. The predicted octanol–water partition coefficient (Wildman–Crippen LogP) is 2.27. The van der Waals surface area contributed by atoms with Crippen LogP contribution < -0.4 is 10.6 Å². The van der Waals surface area contributed by atoms with Crippen LogP contribution in [0.4, 0.5) is 5.69 Å². The number of anilines is 1. The maximum Gasteiger partial charge on any atom is 0.306 e. The van der Waals surface area contributed by atoms with Crippen LogP contribution in [0.2, 0.25) is 0 Å². The summed E-state index contributed by atoms with van der Waals surface area (Å²) >= 11 is 0. The first-order chi connectivity index (χ1) is 11.6. The summed E-state index contributed by atoms with van der Waals surface area (Å²) in [5.41, 5.74) is 0.943. The number of hydrogen-bond acceptors (Lipinski definition) is 4. The van der Waals surface area contributed by atoms with Crippen molar-refractivity contribution in [2.75, 3.05) is 18.5 Å². The molecule has 2 amide bonds. The van der Waals surface area contributed by atoms with E-state index in [4.69, 9.17) is 4.74 Å². The second kappa shape index (κ2) is 8.86. The van der Waals surface area contributed by atoms with E-state index < -0.39 is 5.91 Å². The number of carbonyl (C=O) groups is 3. The van der Waals surface area contributed by atoms with E-state index in [0.717, 1.165) is 12.8 Å². The van der Waals surface area contributed by atoms with E-state index in [-0.39, 0.29) is 24.4 Å². The van der Waals surface area contributed by atoms with E-state index in [1.165, 1.54) is 0 Å². The third kappa shape index (κ3) is 5.53. The lowest BCUT2D eigenvalue weighted by Gasteiger charge is -2.09. The van der Waals surface area contributed by atoms with Crippen molar-refractivity contribution in [3.8, 4) is 0 Å². The van der Waals surface area contributed by atoms with Crippen LogP contribution in [0.25, 0.3) is 0 Å². The number of rotatable bonds is 7. The van der Waals surface area contributed by atoms with Gasteiger partial charge in [-0.1, -0.05) is 18.2 Å². The number of hydrogen-bond donors (Lipinski definition) is 2. The van der Waals surface area contributed by atoms with Gasteiger partial charge in [0.15, 0.2) is 6.61 Å². The Labute approximate surface area is 141 Å². The molecule has 0 aromatic heterocycles. The Morgan fingerprint density at radius 1 is 1.29 bits per heavy atom. The number of nitrogens with one attached hydrogen (secondary N) is 2. The molecule has 0 saturated heterocycles. The van der Waals surface area contributed by atoms with E-state index in [2.05, 4.69) is 10.6 Å². The maximum atomic E-state index is 11.9. The third-order valence-corrected chi connectivity index (χ3v) is 3.65. The molecule has 0 aliphatic heterocycles. The first-order valence-corrected chi connectivity index (χ1v) is 8.09. The van der Waals surface area contributed by atoms with Gasteiger partial charge in [0.05, 0.1) is 6.42 Å². The first kappa shape index (κ1) is 17.7. The minimum atomic E-state index is -0.432. The topological polar surface area (TPSA) is 84.5 Å². The summed E-state index contributed by atoms with van der Waals surface area (Å²) < 4.78 is 4.99. The molecule has 2 N–H and O–H groups in total. The van der Waals surface area contributed by atoms with Gasteiger partial charge in [-0.2, -0.15) is 0 Å². The Bertz CT molecular complexity index is 640. The van der Waals surface area contributed by atoms with Crippen LogP contribution in [0.5, 0.6) is 0 Å². The molecule has 0 saturated carbocycles. The summed E-state index contributed by atoms with van der Waals surface area (Å²) in [6.07, 6.45) is 6.30. The summed E-state index contributed by atoms with van der Waals surface area (Å²) in [5.74, 6) is -0.796. The van der Waals surface area contributed by atoms with Crippen molar-refractivity contribution in [1.29, 1.82) is 0 Å². The standard InChI is InChI=1S/C18H22N2O4/c1-2-19-18(23)14-8-5-9-15(11-14)20-16(21)12-24-17(22)10-13-6-3-4-7-13/h3,5-6,8-9,11,13H,2,4,7,10,12H2,1H3,(H,19,23)(H,20,21)/t13-/m1/s1. The molecule has 128 valence electrons. The van der Waals surface area contributed by atoms with E-state index >= 15 is 0 Å². The highest BCUT2D eigenvalue weighted by molar-refractivity contribution is 5.97. The zero-order chi connectivity index (χ0) is 17.4. The van der Waals surface area contributed by atoms with Gasteiger partial charge in [-0.3, -0.25) is 14.4 Å². The van der Waals surface area contributed by atoms with Gasteiger partial charge in [0.25, 0.3) is 11.8 Å². The summed E-state index contributed by atoms with van der Waals surface area (Å²) in [5, 5.41) is 5.31. The molecule has 0 heterocycles. The van der Waals surface area contributed by atoms with Crippen molar-refractivity contribution < 1.29 is 19.1 Å².